The molecule has 0 aliphatic carbocycles. The van der Waals surface area contributed by atoms with Crippen LogP contribution < -0.4 is 10.5 Å². The second-order valence-corrected chi connectivity index (χ2v) is 4.23. The van der Waals surface area contributed by atoms with Crippen LogP contribution in [0.25, 0.3) is 0 Å². The van der Waals surface area contributed by atoms with Crippen LogP contribution in [0.4, 0.5) is 4.39 Å². The number of hydrogen-bond donors (Lipinski definition) is 1. The van der Waals surface area contributed by atoms with Gasteiger partial charge in [-0.3, -0.25) is 0 Å². The largest absolute Gasteiger partial charge is 0.467 e. The maximum absolute atomic E-state index is 13.4. The highest BCUT2D eigenvalue weighted by atomic mass is 127. The van der Waals surface area contributed by atoms with E-state index < -0.39 is 0 Å². The Hall–Kier alpha value is -1.09. The Morgan fingerprint density at radius 3 is 2.89 bits per heavy atom. The maximum Gasteiger partial charge on any atom is 0.191 e. The Kier molecular flexibility index (Phi) is 5.80. The number of aliphatic imine (C=N–C) groups is 1. The van der Waals surface area contributed by atoms with Crippen molar-refractivity contribution in [3.63, 3.8) is 0 Å². The number of nitrogens with two attached hydrogens (primary N) is 1. The van der Waals surface area contributed by atoms with E-state index >= 15 is 0 Å². The van der Waals surface area contributed by atoms with Gasteiger partial charge in [0, 0.05) is 25.2 Å². The average molecular weight is 381 g/mol. The normalized spacial score (nSPS) is 14.2. The zero-order valence-electron chi connectivity index (χ0n) is 10.9. The zero-order chi connectivity index (χ0) is 13.1. The smallest absolute Gasteiger partial charge is 0.191 e. The molecular weight excluding hydrogens is 364 g/mol. The second kappa shape index (κ2) is 6.90. The minimum atomic E-state index is -0.323. The Bertz CT molecular complexity index is 480. The number of fused-ring (bicyclic) bond motifs is 1. The monoisotopic (exact) mass is 381 g/mol. The van der Waals surface area contributed by atoms with Crippen molar-refractivity contribution in [1.29, 1.82) is 0 Å². The van der Waals surface area contributed by atoms with Gasteiger partial charge in [-0.15, -0.1) is 24.0 Å². The SMILES string of the molecule is CN(C)C(N)=NCc1cc(F)cc2c1OCOC2.I. The lowest BCUT2D eigenvalue weighted by Gasteiger charge is -2.20. The third-order valence-corrected chi connectivity index (χ3v) is 2.62. The number of guanidine groups is 1. The van der Waals surface area contributed by atoms with E-state index in [4.69, 9.17) is 15.2 Å². The first-order valence-electron chi connectivity index (χ1n) is 5.57. The molecule has 0 bridgehead atoms. The summed E-state index contributed by atoms with van der Waals surface area (Å²) in [5, 5.41) is 0. The Labute approximate surface area is 128 Å². The van der Waals surface area contributed by atoms with E-state index in [0.29, 0.717) is 29.4 Å². The summed E-state index contributed by atoms with van der Waals surface area (Å²) < 4.78 is 23.9. The molecule has 0 spiro atoms. The van der Waals surface area contributed by atoms with Crippen molar-refractivity contribution in [3.05, 3.63) is 29.1 Å². The predicted molar refractivity (Wildman–Crippen MR) is 81.1 cm³/mol. The van der Waals surface area contributed by atoms with Gasteiger partial charge in [0.05, 0.1) is 13.2 Å². The zero-order valence-corrected chi connectivity index (χ0v) is 13.2. The van der Waals surface area contributed by atoms with Crippen molar-refractivity contribution in [1.82, 2.24) is 4.90 Å². The molecule has 106 valence electrons. The molecule has 1 aromatic carbocycles. The first-order valence-corrected chi connectivity index (χ1v) is 5.57. The summed E-state index contributed by atoms with van der Waals surface area (Å²) in [5.41, 5.74) is 7.08. The van der Waals surface area contributed by atoms with Crippen LogP contribution in [0.1, 0.15) is 11.1 Å². The molecule has 1 aliphatic rings. The average Bonchev–Trinajstić information content (AvgIpc) is 2.35. The first kappa shape index (κ1) is 16.0. The molecule has 0 atom stereocenters. The van der Waals surface area contributed by atoms with Crippen LogP contribution in [0, 0.1) is 5.82 Å². The van der Waals surface area contributed by atoms with Gasteiger partial charge in [0.1, 0.15) is 11.6 Å². The highest BCUT2D eigenvalue weighted by molar-refractivity contribution is 14.0. The molecule has 5 nitrogen and oxygen atoms in total. The van der Waals surface area contributed by atoms with Crippen molar-refractivity contribution in [2.75, 3.05) is 20.9 Å². The highest BCUT2D eigenvalue weighted by Gasteiger charge is 2.16. The molecule has 0 aromatic heterocycles. The molecule has 7 heteroatoms. The summed E-state index contributed by atoms with van der Waals surface area (Å²) in [7, 11) is 3.59. The van der Waals surface area contributed by atoms with Crippen molar-refractivity contribution in [2.45, 2.75) is 13.2 Å². The molecule has 0 saturated heterocycles. The number of ether oxygens (including phenoxy) is 2. The van der Waals surface area contributed by atoms with E-state index in [1.54, 1.807) is 19.0 Å². The van der Waals surface area contributed by atoms with Crippen molar-refractivity contribution < 1.29 is 13.9 Å². The van der Waals surface area contributed by atoms with E-state index in [1.165, 1.54) is 12.1 Å². The van der Waals surface area contributed by atoms with Crippen molar-refractivity contribution in [3.8, 4) is 5.75 Å². The van der Waals surface area contributed by atoms with Crippen molar-refractivity contribution in [2.24, 2.45) is 10.7 Å². The lowest BCUT2D eigenvalue weighted by atomic mass is 10.1. The molecule has 0 radical (unpaired) electrons. The third kappa shape index (κ3) is 3.93. The second-order valence-electron chi connectivity index (χ2n) is 4.23. The van der Waals surface area contributed by atoms with E-state index in [9.17, 15) is 4.39 Å². The Balaban J connectivity index is 0.00000180. The van der Waals surface area contributed by atoms with Crippen LogP contribution in [0.2, 0.25) is 0 Å². The van der Waals surface area contributed by atoms with Gasteiger partial charge in [-0.1, -0.05) is 0 Å². The summed E-state index contributed by atoms with van der Waals surface area (Å²) in [6.45, 7) is 0.815. The topological polar surface area (TPSA) is 60.1 Å². The van der Waals surface area contributed by atoms with Gasteiger partial charge >= 0.3 is 0 Å². The minimum absolute atomic E-state index is 0. The molecule has 0 saturated carbocycles. The summed E-state index contributed by atoms with van der Waals surface area (Å²) >= 11 is 0. The van der Waals surface area contributed by atoms with Gasteiger partial charge in [0.15, 0.2) is 12.8 Å². The molecule has 19 heavy (non-hydrogen) atoms. The molecule has 1 heterocycles. The summed E-state index contributed by atoms with van der Waals surface area (Å²) in [6.07, 6.45) is 0. The maximum atomic E-state index is 13.4. The van der Waals surface area contributed by atoms with Gasteiger partial charge in [-0.25, -0.2) is 9.38 Å². The fourth-order valence-electron chi connectivity index (χ4n) is 1.68. The van der Waals surface area contributed by atoms with Crippen LogP contribution >= 0.6 is 24.0 Å². The minimum Gasteiger partial charge on any atom is -0.467 e. The molecule has 0 fully saturated rings. The van der Waals surface area contributed by atoms with Gasteiger partial charge in [-0.05, 0) is 12.1 Å². The van der Waals surface area contributed by atoms with Gasteiger partial charge in [-0.2, -0.15) is 0 Å². The van der Waals surface area contributed by atoms with E-state index in [1.807, 2.05) is 0 Å². The van der Waals surface area contributed by atoms with E-state index in [-0.39, 0.29) is 43.1 Å². The van der Waals surface area contributed by atoms with Crippen LogP contribution in [-0.4, -0.2) is 31.7 Å². The first-order chi connectivity index (χ1) is 8.58. The fraction of sp³-hybridized carbons (Fsp3) is 0.417. The summed E-state index contributed by atoms with van der Waals surface area (Å²) in [6, 6.07) is 2.83. The van der Waals surface area contributed by atoms with Gasteiger partial charge in [0.2, 0.25) is 0 Å². The molecule has 1 aromatic rings. The standard InChI is InChI=1S/C12H16FN3O2.HI/c1-16(2)12(14)15-5-8-3-10(13)4-9-6-17-7-18-11(8)9;/h3-4H,5-7H2,1-2H3,(H2,14,15);1H. The molecule has 2 rings (SSSR count). The third-order valence-electron chi connectivity index (χ3n) is 2.62. The van der Waals surface area contributed by atoms with E-state index in [2.05, 4.69) is 4.99 Å². The number of nitrogens with zero attached hydrogens (tertiary/aromatic N) is 2. The molecule has 2 N–H and O–H groups in total. The number of halogens is 2. The van der Waals surface area contributed by atoms with E-state index in [0.717, 1.165) is 0 Å². The highest BCUT2D eigenvalue weighted by Crippen LogP contribution is 2.29. The molecular formula is C12H17FIN3O2. The van der Waals surface area contributed by atoms with Crippen LogP contribution in [0.15, 0.2) is 17.1 Å². The lowest BCUT2D eigenvalue weighted by molar-refractivity contribution is -0.0172. The Morgan fingerprint density at radius 2 is 2.21 bits per heavy atom. The summed E-state index contributed by atoms with van der Waals surface area (Å²) in [4.78, 5) is 5.87. The Morgan fingerprint density at radius 1 is 1.47 bits per heavy atom. The number of hydrogen-bond acceptors (Lipinski definition) is 3. The number of benzene rings is 1. The molecule has 0 unspecified atom stereocenters. The van der Waals surface area contributed by atoms with Crippen LogP contribution in [-0.2, 0) is 17.9 Å². The molecule has 1 aliphatic heterocycles. The summed E-state index contributed by atoms with van der Waals surface area (Å²) in [5.74, 6) is 0.717. The predicted octanol–water partition coefficient (Wildman–Crippen LogP) is 1.69. The molecule has 0 amide bonds. The van der Waals surface area contributed by atoms with Crippen LogP contribution in [0.5, 0.6) is 5.75 Å². The fourth-order valence-corrected chi connectivity index (χ4v) is 1.68. The van der Waals surface area contributed by atoms with Gasteiger partial charge < -0.3 is 20.1 Å². The lowest BCUT2D eigenvalue weighted by Crippen LogP contribution is -2.30. The quantitative estimate of drug-likeness (QED) is 0.481. The number of rotatable bonds is 2. The van der Waals surface area contributed by atoms with Gasteiger partial charge in [0.25, 0.3) is 0 Å². The van der Waals surface area contributed by atoms with Crippen molar-refractivity contribution >= 4 is 29.9 Å². The van der Waals surface area contributed by atoms with Crippen LogP contribution in [0.3, 0.4) is 0 Å².